The van der Waals surface area contributed by atoms with Crippen molar-refractivity contribution in [2.75, 3.05) is 26.3 Å². The molecule has 1 amide bonds. The SMILES string of the molecule is CCCC1(N)CCN(C(=O)c2cccc3c2OCCCO3)CC1. The summed E-state index contributed by atoms with van der Waals surface area (Å²) in [6.45, 7) is 4.78. The van der Waals surface area contributed by atoms with Gasteiger partial charge in [-0.2, -0.15) is 0 Å². The lowest BCUT2D eigenvalue weighted by molar-refractivity contribution is 0.0660. The molecular weight excluding hydrogens is 292 g/mol. The number of piperidine rings is 1. The minimum absolute atomic E-state index is 0.0194. The molecule has 0 aromatic heterocycles. The molecule has 2 aliphatic heterocycles. The monoisotopic (exact) mass is 318 g/mol. The summed E-state index contributed by atoms with van der Waals surface area (Å²) >= 11 is 0. The number of nitrogens with two attached hydrogens (primary N) is 1. The highest BCUT2D eigenvalue weighted by atomic mass is 16.5. The van der Waals surface area contributed by atoms with E-state index in [2.05, 4.69) is 6.92 Å². The number of para-hydroxylation sites is 1. The number of benzene rings is 1. The molecule has 0 saturated carbocycles. The molecule has 0 unspecified atom stereocenters. The number of carbonyl (C=O) groups excluding carboxylic acids is 1. The van der Waals surface area contributed by atoms with Gasteiger partial charge in [-0.05, 0) is 31.4 Å². The van der Waals surface area contributed by atoms with E-state index < -0.39 is 0 Å². The normalized spacial score (nSPS) is 20.0. The number of likely N-dealkylation sites (tertiary alicyclic amines) is 1. The first-order valence-corrected chi connectivity index (χ1v) is 8.60. The molecule has 2 aliphatic rings. The zero-order valence-corrected chi connectivity index (χ0v) is 13.8. The second-order valence-corrected chi connectivity index (χ2v) is 6.59. The van der Waals surface area contributed by atoms with Crippen molar-refractivity contribution in [3.63, 3.8) is 0 Å². The van der Waals surface area contributed by atoms with Crippen LogP contribution >= 0.6 is 0 Å². The van der Waals surface area contributed by atoms with E-state index in [1.54, 1.807) is 0 Å². The van der Waals surface area contributed by atoms with Gasteiger partial charge in [-0.15, -0.1) is 0 Å². The van der Waals surface area contributed by atoms with Gasteiger partial charge in [-0.3, -0.25) is 4.79 Å². The van der Waals surface area contributed by atoms with Gasteiger partial charge in [-0.1, -0.05) is 19.4 Å². The van der Waals surface area contributed by atoms with Gasteiger partial charge >= 0.3 is 0 Å². The Labute approximate surface area is 137 Å². The van der Waals surface area contributed by atoms with E-state index in [1.807, 2.05) is 23.1 Å². The van der Waals surface area contributed by atoms with Gasteiger partial charge in [0.2, 0.25) is 0 Å². The van der Waals surface area contributed by atoms with E-state index in [0.717, 1.165) is 32.1 Å². The molecule has 2 heterocycles. The number of amides is 1. The third kappa shape index (κ3) is 3.44. The first kappa shape index (κ1) is 16.1. The van der Waals surface area contributed by atoms with Crippen molar-refractivity contribution < 1.29 is 14.3 Å². The van der Waals surface area contributed by atoms with E-state index in [0.29, 0.717) is 43.4 Å². The minimum Gasteiger partial charge on any atom is -0.490 e. The summed E-state index contributed by atoms with van der Waals surface area (Å²) in [5, 5.41) is 0. The maximum atomic E-state index is 12.9. The summed E-state index contributed by atoms with van der Waals surface area (Å²) in [5.41, 5.74) is 6.91. The van der Waals surface area contributed by atoms with Crippen LogP contribution in [0.5, 0.6) is 11.5 Å². The third-order valence-corrected chi connectivity index (χ3v) is 4.80. The quantitative estimate of drug-likeness (QED) is 0.930. The lowest BCUT2D eigenvalue weighted by atomic mass is 9.84. The van der Waals surface area contributed by atoms with Gasteiger partial charge in [0.05, 0.1) is 18.8 Å². The first-order chi connectivity index (χ1) is 11.1. The molecule has 1 saturated heterocycles. The summed E-state index contributed by atoms with van der Waals surface area (Å²) < 4.78 is 11.4. The lowest BCUT2D eigenvalue weighted by Gasteiger charge is -2.39. The molecule has 0 aliphatic carbocycles. The standard InChI is InChI=1S/C18H26N2O3/c1-2-7-18(19)8-10-20(11-9-18)17(21)14-5-3-6-15-16(14)23-13-4-12-22-15/h3,5-6H,2,4,7-13,19H2,1H3. The highest BCUT2D eigenvalue weighted by Crippen LogP contribution is 2.35. The average molecular weight is 318 g/mol. The second-order valence-electron chi connectivity index (χ2n) is 6.59. The van der Waals surface area contributed by atoms with E-state index in [1.165, 1.54) is 0 Å². The Morgan fingerprint density at radius 2 is 2.00 bits per heavy atom. The summed E-state index contributed by atoms with van der Waals surface area (Å²) in [5.74, 6) is 1.28. The summed E-state index contributed by atoms with van der Waals surface area (Å²) in [6, 6.07) is 5.54. The third-order valence-electron chi connectivity index (χ3n) is 4.80. The van der Waals surface area contributed by atoms with E-state index in [-0.39, 0.29) is 11.4 Å². The Kier molecular flexibility index (Phi) is 4.76. The van der Waals surface area contributed by atoms with Crippen LogP contribution in [0.4, 0.5) is 0 Å². The van der Waals surface area contributed by atoms with Gasteiger partial charge in [-0.25, -0.2) is 0 Å². The molecule has 5 heteroatoms. The molecule has 0 spiro atoms. The molecule has 126 valence electrons. The van der Waals surface area contributed by atoms with Crippen molar-refractivity contribution in [1.82, 2.24) is 4.90 Å². The van der Waals surface area contributed by atoms with E-state index in [4.69, 9.17) is 15.2 Å². The van der Waals surface area contributed by atoms with Gasteiger partial charge in [0.25, 0.3) is 5.91 Å². The fraction of sp³-hybridized carbons (Fsp3) is 0.611. The Morgan fingerprint density at radius 1 is 1.26 bits per heavy atom. The van der Waals surface area contributed by atoms with Crippen molar-refractivity contribution in [3.05, 3.63) is 23.8 Å². The minimum atomic E-state index is -0.112. The first-order valence-electron chi connectivity index (χ1n) is 8.60. The second kappa shape index (κ2) is 6.79. The topological polar surface area (TPSA) is 64.8 Å². The number of carbonyl (C=O) groups is 1. The number of hydrogen-bond acceptors (Lipinski definition) is 4. The molecular formula is C18H26N2O3. The fourth-order valence-corrected chi connectivity index (χ4v) is 3.44. The summed E-state index contributed by atoms with van der Waals surface area (Å²) in [7, 11) is 0. The highest BCUT2D eigenvalue weighted by molar-refractivity contribution is 5.98. The average Bonchev–Trinajstić information content (AvgIpc) is 2.80. The summed E-state index contributed by atoms with van der Waals surface area (Å²) in [6.07, 6.45) is 4.66. The van der Waals surface area contributed by atoms with Crippen LogP contribution in [0.25, 0.3) is 0 Å². The molecule has 0 bridgehead atoms. The van der Waals surface area contributed by atoms with Gasteiger partial charge in [0.1, 0.15) is 0 Å². The van der Waals surface area contributed by atoms with Crippen LogP contribution in [-0.4, -0.2) is 42.6 Å². The summed E-state index contributed by atoms with van der Waals surface area (Å²) in [4.78, 5) is 14.8. The zero-order chi connectivity index (χ0) is 16.3. The molecule has 0 atom stereocenters. The molecule has 3 rings (SSSR count). The van der Waals surface area contributed by atoms with E-state index in [9.17, 15) is 4.79 Å². The van der Waals surface area contributed by atoms with Gasteiger partial charge in [0, 0.05) is 25.0 Å². The number of fused-ring (bicyclic) bond motifs is 1. The highest BCUT2D eigenvalue weighted by Gasteiger charge is 2.33. The molecule has 2 N–H and O–H groups in total. The van der Waals surface area contributed by atoms with Crippen molar-refractivity contribution >= 4 is 5.91 Å². The van der Waals surface area contributed by atoms with Crippen LogP contribution in [0.2, 0.25) is 0 Å². The predicted octanol–water partition coefficient (Wildman–Crippen LogP) is 2.58. The molecule has 23 heavy (non-hydrogen) atoms. The number of ether oxygens (including phenoxy) is 2. The lowest BCUT2D eigenvalue weighted by Crippen LogP contribution is -2.51. The number of rotatable bonds is 3. The smallest absolute Gasteiger partial charge is 0.257 e. The largest absolute Gasteiger partial charge is 0.490 e. The van der Waals surface area contributed by atoms with Crippen LogP contribution in [0.1, 0.15) is 49.4 Å². The van der Waals surface area contributed by atoms with Crippen LogP contribution in [-0.2, 0) is 0 Å². The van der Waals surface area contributed by atoms with Crippen molar-refractivity contribution in [3.8, 4) is 11.5 Å². The molecule has 1 aromatic rings. The number of hydrogen-bond donors (Lipinski definition) is 1. The maximum absolute atomic E-state index is 12.9. The zero-order valence-electron chi connectivity index (χ0n) is 13.8. The van der Waals surface area contributed by atoms with Crippen LogP contribution in [0.3, 0.4) is 0 Å². The van der Waals surface area contributed by atoms with Crippen LogP contribution < -0.4 is 15.2 Å². The Bertz CT molecular complexity index is 565. The van der Waals surface area contributed by atoms with Crippen molar-refractivity contribution in [1.29, 1.82) is 0 Å². The van der Waals surface area contributed by atoms with Gasteiger partial charge in [0.15, 0.2) is 11.5 Å². The molecule has 5 nitrogen and oxygen atoms in total. The molecule has 1 fully saturated rings. The fourth-order valence-electron chi connectivity index (χ4n) is 3.44. The molecule has 1 aromatic carbocycles. The Morgan fingerprint density at radius 3 is 2.74 bits per heavy atom. The van der Waals surface area contributed by atoms with Crippen LogP contribution in [0.15, 0.2) is 18.2 Å². The van der Waals surface area contributed by atoms with Crippen molar-refractivity contribution in [2.24, 2.45) is 5.73 Å². The maximum Gasteiger partial charge on any atom is 0.257 e. The Hall–Kier alpha value is -1.75. The van der Waals surface area contributed by atoms with Crippen LogP contribution in [0, 0.1) is 0 Å². The van der Waals surface area contributed by atoms with Crippen molar-refractivity contribution in [2.45, 2.75) is 44.6 Å². The molecule has 0 radical (unpaired) electrons. The van der Waals surface area contributed by atoms with E-state index >= 15 is 0 Å². The van der Waals surface area contributed by atoms with Gasteiger partial charge < -0.3 is 20.1 Å². The number of nitrogens with zero attached hydrogens (tertiary/aromatic N) is 1. The Balaban J connectivity index is 1.75. The predicted molar refractivity (Wildman–Crippen MR) is 89.0 cm³/mol.